The minimum absolute atomic E-state index is 0.00600. The molecule has 0 aliphatic carbocycles. The van der Waals surface area contributed by atoms with Crippen molar-refractivity contribution in [1.82, 2.24) is 15.5 Å². The molecule has 132 valence electrons. The SMILES string of the molecule is CN=C(NCc1ccc(Br)cc1)NCc1ccc(C(=O)N(C)C)cc1. The Morgan fingerprint density at radius 1 is 0.960 bits per heavy atom. The lowest BCUT2D eigenvalue weighted by Crippen LogP contribution is -2.36. The van der Waals surface area contributed by atoms with Crippen LogP contribution in [0.1, 0.15) is 21.5 Å². The molecule has 2 aromatic rings. The van der Waals surface area contributed by atoms with Gasteiger partial charge in [0.1, 0.15) is 0 Å². The van der Waals surface area contributed by atoms with Crippen molar-refractivity contribution in [3.05, 3.63) is 69.7 Å². The quantitative estimate of drug-likeness (QED) is 0.596. The van der Waals surface area contributed by atoms with Crippen LogP contribution in [0.3, 0.4) is 0 Å². The molecule has 0 radical (unpaired) electrons. The molecule has 2 N–H and O–H groups in total. The summed E-state index contributed by atoms with van der Waals surface area (Å²) in [6.45, 7) is 1.33. The number of rotatable bonds is 5. The van der Waals surface area contributed by atoms with Crippen molar-refractivity contribution >= 4 is 27.8 Å². The summed E-state index contributed by atoms with van der Waals surface area (Å²) in [6.07, 6.45) is 0. The largest absolute Gasteiger partial charge is 0.352 e. The molecule has 0 saturated heterocycles. The predicted molar refractivity (Wildman–Crippen MR) is 106 cm³/mol. The van der Waals surface area contributed by atoms with Gasteiger partial charge >= 0.3 is 0 Å². The minimum atomic E-state index is 0.00600. The van der Waals surface area contributed by atoms with Crippen molar-refractivity contribution in [2.75, 3.05) is 21.1 Å². The van der Waals surface area contributed by atoms with Crippen molar-refractivity contribution in [3.8, 4) is 0 Å². The molecule has 6 heteroatoms. The van der Waals surface area contributed by atoms with E-state index in [2.05, 4.69) is 43.7 Å². The highest BCUT2D eigenvalue weighted by molar-refractivity contribution is 9.10. The molecule has 0 bridgehead atoms. The van der Waals surface area contributed by atoms with Gasteiger partial charge in [0.25, 0.3) is 5.91 Å². The van der Waals surface area contributed by atoms with Crippen LogP contribution in [0.25, 0.3) is 0 Å². The topological polar surface area (TPSA) is 56.7 Å². The Labute approximate surface area is 157 Å². The highest BCUT2D eigenvalue weighted by Crippen LogP contribution is 2.10. The summed E-state index contributed by atoms with van der Waals surface area (Å²) < 4.78 is 1.06. The van der Waals surface area contributed by atoms with E-state index in [4.69, 9.17) is 0 Å². The molecule has 0 spiro atoms. The molecule has 0 unspecified atom stereocenters. The normalized spacial score (nSPS) is 11.1. The average Bonchev–Trinajstić information content (AvgIpc) is 2.63. The third-order valence-corrected chi connectivity index (χ3v) is 4.19. The Balaban J connectivity index is 1.86. The first-order valence-electron chi connectivity index (χ1n) is 7.99. The first kappa shape index (κ1) is 19.0. The lowest BCUT2D eigenvalue weighted by Gasteiger charge is -2.13. The summed E-state index contributed by atoms with van der Waals surface area (Å²) in [5.74, 6) is 0.739. The van der Waals surface area contributed by atoms with E-state index in [1.807, 2.05) is 36.4 Å². The molecule has 0 saturated carbocycles. The fraction of sp³-hybridized carbons (Fsp3) is 0.263. The van der Waals surface area contributed by atoms with Gasteiger partial charge in [0, 0.05) is 44.3 Å². The Bertz CT molecular complexity index is 724. The van der Waals surface area contributed by atoms with Crippen LogP contribution in [0.5, 0.6) is 0 Å². The van der Waals surface area contributed by atoms with E-state index in [0.717, 1.165) is 16.0 Å². The van der Waals surface area contributed by atoms with E-state index in [-0.39, 0.29) is 5.91 Å². The Hall–Kier alpha value is -2.34. The molecular weight excluding hydrogens is 380 g/mol. The van der Waals surface area contributed by atoms with Gasteiger partial charge < -0.3 is 15.5 Å². The van der Waals surface area contributed by atoms with E-state index in [1.165, 1.54) is 5.56 Å². The minimum Gasteiger partial charge on any atom is -0.352 e. The third kappa shape index (κ3) is 5.90. The van der Waals surface area contributed by atoms with Crippen molar-refractivity contribution in [2.24, 2.45) is 4.99 Å². The summed E-state index contributed by atoms with van der Waals surface area (Å²) >= 11 is 3.43. The van der Waals surface area contributed by atoms with Crippen LogP contribution in [0.15, 0.2) is 58.0 Å². The highest BCUT2D eigenvalue weighted by Gasteiger charge is 2.07. The van der Waals surface area contributed by atoms with Crippen LogP contribution in [0.2, 0.25) is 0 Å². The van der Waals surface area contributed by atoms with Gasteiger partial charge in [-0.3, -0.25) is 9.79 Å². The van der Waals surface area contributed by atoms with Gasteiger partial charge in [-0.05, 0) is 35.4 Å². The van der Waals surface area contributed by atoms with Crippen LogP contribution in [-0.2, 0) is 13.1 Å². The van der Waals surface area contributed by atoms with Crippen LogP contribution in [0.4, 0.5) is 0 Å². The summed E-state index contributed by atoms with van der Waals surface area (Å²) in [6, 6.07) is 15.7. The summed E-state index contributed by atoms with van der Waals surface area (Å²) in [5.41, 5.74) is 2.95. The van der Waals surface area contributed by atoms with Gasteiger partial charge in [-0.2, -0.15) is 0 Å². The summed E-state index contributed by atoms with van der Waals surface area (Å²) in [5, 5.41) is 6.56. The second-order valence-electron chi connectivity index (χ2n) is 5.80. The number of carbonyl (C=O) groups is 1. The van der Waals surface area contributed by atoms with Crippen LogP contribution >= 0.6 is 15.9 Å². The summed E-state index contributed by atoms with van der Waals surface area (Å²) in [4.78, 5) is 17.7. The van der Waals surface area contributed by atoms with Crippen LogP contribution in [-0.4, -0.2) is 37.9 Å². The number of nitrogens with one attached hydrogen (secondary N) is 2. The molecule has 5 nitrogen and oxygen atoms in total. The number of hydrogen-bond donors (Lipinski definition) is 2. The van der Waals surface area contributed by atoms with E-state index in [1.54, 1.807) is 26.0 Å². The van der Waals surface area contributed by atoms with Crippen molar-refractivity contribution < 1.29 is 4.79 Å². The number of halogens is 1. The van der Waals surface area contributed by atoms with Gasteiger partial charge in [0.05, 0.1) is 0 Å². The fourth-order valence-corrected chi connectivity index (χ4v) is 2.48. The number of nitrogens with zero attached hydrogens (tertiary/aromatic N) is 2. The van der Waals surface area contributed by atoms with Gasteiger partial charge in [-0.25, -0.2) is 0 Å². The van der Waals surface area contributed by atoms with Gasteiger partial charge in [0.2, 0.25) is 0 Å². The van der Waals surface area contributed by atoms with Crippen LogP contribution in [0, 0.1) is 0 Å². The molecule has 2 rings (SSSR count). The molecule has 2 aromatic carbocycles. The van der Waals surface area contributed by atoms with E-state index < -0.39 is 0 Å². The number of hydrogen-bond acceptors (Lipinski definition) is 2. The number of aliphatic imine (C=N–C) groups is 1. The second kappa shape index (κ2) is 9.22. The van der Waals surface area contributed by atoms with Gasteiger partial charge in [0.15, 0.2) is 5.96 Å². The standard InChI is InChI=1S/C19H23BrN4O/c1-21-19(23-13-15-6-10-17(20)11-7-15)22-12-14-4-8-16(9-5-14)18(25)24(2)3/h4-11H,12-13H2,1-3H3,(H2,21,22,23). The maximum atomic E-state index is 11.9. The first-order valence-corrected chi connectivity index (χ1v) is 8.78. The second-order valence-corrected chi connectivity index (χ2v) is 6.72. The molecule has 0 heterocycles. The average molecular weight is 403 g/mol. The molecular formula is C19H23BrN4O. The maximum absolute atomic E-state index is 11.9. The Morgan fingerprint density at radius 3 is 1.88 bits per heavy atom. The molecule has 1 amide bonds. The molecule has 0 aliphatic rings. The zero-order chi connectivity index (χ0) is 18.2. The first-order chi connectivity index (χ1) is 12.0. The number of benzene rings is 2. The fourth-order valence-electron chi connectivity index (χ4n) is 2.22. The molecule has 0 aromatic heterocycles. The van der Waals surface area contributed by atoms with E-state index >= 15 is 0 Å². The maximum Gasteiger partial charge on any atom is 0.253 e. The monoisotopic (exact) mass is 402 g/mol. The van der Waals surface area contributed by atoms with E-state index in [9.17, 15) is 4.79 Å². The summed E-state index contributed by atoms with van der Waals surface area (Å²) in [7, 11) is 5.24. The van der Waals surface area contributed by atoms with Crippen molar-refractivity contribution in [1.29, 1.82) is 0 Å². The third-order valence-electron chi connectivity index (χ3n) is 3.66. The zero-order valence-electron chi connectivity index (χ0n) is 14.7. The van der Waals surface area contributed by atoms with Crippen molar-refractivity contribution in [3.63, 3.8) is 0 Å². The molecule has 0 atom stereocenters. The molecule has 25 heavy (non-hydrogen) atoms. The zero-order valence-corrected chi connectivity index (χ0v) is 16.3. The van der Waals surface area contributed by atoms with Gasteiger partial charge in [-0.1, -0.05) is 40.2 Å². The smallest absolute Gasteiger partial charge is 0.253 e. The lowest BCUT2D eigenvalue weighted by molar-refractivity contribution is 0.0827. The number of carbonyl (C=O) groups excluding carboxylic acids is 1. The van der Waals surface area contributed by atoms with Gasteiger partial charge in [-0.15, -0.1) is 0 Å². The lowest BCUT2D eigenvalue weighted by atomic mass is 10.1. The number of amides is 1. The molecule has 0 aliphatic heterocycles. The highest BCUT2D eigenvalue weighted by atomic mass is 79.9. The number of guanidine groups is 1. The Morgan fingerprint density at radius 2 is 1.44 bits per heavy atom. The van der Waals surface area contributed by atoms with Crippen LogP contribution < -0.4 is 10.6 Å². The predicted octanol–water partition coefficient (Wildman–Crippen LogP) is 3.02. The van der Waals surface area contributed by atoms with E-state index in [0.29, 0.717) is 18.7 Å². The Kier molecular flexibility index (Phi) is 7.01. The van der Waals surface area contributed by atoms with Crippen molar-refractivity contribution in [2.45, 2.75) is 13.1 Å². The molecule has 0 fully saturated rings.